The van der Waals surface area contributed by atoms with Crippen LogP contribution in [0.1, 0.15) is 30.5 Å². The van der Waals surface area contributed by atoms with Crippen molar-refractivity contribution in [1.29, 1.82) is 0 Å². The minimum Gasteiger partial charge on any atom is -0.355 e. The number of hydrogen-bond donors (Lipinski definition) is 3. The van der Waals surface area contributed by atoms with E-state index >= 15 is 0 Å². The van der Waals surface area contributed by atoms with Gasteiger partial charge in [-0.3, -0.25) is 9.89 Å². The monoisotopic (exact) mass is 543 g/mol. The van der Waals surface area contributed by atoms with Gasteiger partial charge in [-0.25, -0.2) is 13.1 Å². The van der Waals surface area contributed by atoms with Crippen molar-refractivity contribution in [2.75, 3.05) is 33.2 Å². The molecule has 0 spiro atoms. The lowest BCUT2D eigenvalue weighted by molar-refractivity contribution is 0.265. The average molecular weight is 544 g/mol. The molecule has 0 amide bonds. The molecule has 1 aliphatic rings. The third-order valence-electron chi connectivity index (χ3n) is 4.91. The van der Waals surface area contributed by atoms with Crippen molar-refractivity contribution in [1.82, 2.24) is 20.3 Å². The molecule has 0 radical (unpaired) electrons. The van der Waals surface area contributed by atoms with Crippen molar-refractivity contribution < 1.29 is 8.42 Å². The first-order valence-electron chi connectivity index (χ1n) is 9.42. The summed E-state index contributed by atoms with van der Waals surface area (Å²) < 4.78 is 27.5. The Morgan fingerprint density at radius 1 is 1.32 bits per heavy atom. The van der Waals surface area contributed by atoms with Gasteiger partial charge in [0.2, 0.25) is 10.0 Å². The van der Waals surface area contributed by atoms with Crippen LogP contribution in [0.2, 0.25) is 0 Å². The van der Waals surface area contributed by atoms with E-state index in [1.54, 1.807) is 13.1 Å². The predicted molar refractivity (Wildman–Crippen MR) is 129 cm³/mol. The summed E-state index contributed by atoms with van der Waals surface area (Å²) in [6.45, 7) is 13.3. The first kappa shape index (κ1) is 25.6. The third-order valence-corrected chi connectivity index (χ3v) is 7.59. The number of likely N-dealkylation sites (tertiary alicyclic amines) is 1. The molecule has 2 unspecified atom stereocenters. The standard InChI is InChI=1S/C18H33N5O2S2.HI/c1-12(2)23-10-13(3)16(11-23)22-18(19-6)20-7-8-21-27(24,25)17-9-14(4)26-15(17)5;/h9,12-13,16,21H,7-8,10-11H2,1-6H3,(H2,19,20,22);1H. The molecule has 1 aliphatic heterocycles. The fourth-order valence-electron chi connectivity index (χ4n) is 3.30. The molecule has 2 heterocycles. The van der Waals surface area contributed by atoms with Gasteiger partial charge in [0.1, 0.15) is 0 Å². The van der Waals surface area contributed by atoms with Crippen LogP contribution in [0, 0.1) is 19.8 Å². The van der Waals surface area contributed by atoms with Gasteiger partial charge in [-0.05, 0) is 39.7 Å². The van der Waals surface area contributed by atoms with Gasteiger partial charge in [-0.2, -0.15) is 0 Å². The zero-order chi connectivity index (χ0) is 20.2. The van der Waals surface area contributed by atoms with E-state index in [2.05, 4.69) is 46.0 Å². The molecular formula is C18H34IN5O2S2. The van der Waals surface area contributed by atoms with Crippen LogP contribution < -0.4 is 15.4 Å². The number of guanidine groups is 1. The first-order valence-corrected chi connectivity index (χ1v) is 11.7. The number of halogens is 1. The molecule has 7 nitrogen and oxygen atoms in total. The van der Waals surface area contributed by atoms with Crippen LogP contribution in [-0.2, 0) is 10.0 Å². The summed E-state index contributed by atoms with van der Waals surface area (Å²) in [6, 6.07) is 2.60. The predicted octanol–water partition coefficient (Wildman–Crippen LogP) is 2.15. The Kier molecular flexibility index (Phi) is 10.1. The number of aliphatic imine (C=N–C) groups is 1. The molecule has 162 valence electrons. The molecule has 3 N–H and O–H groups in total. The summed E-state index contributed by atoms with van der Waals surface area (Å²) in [6.07, 6.45) is 0. The summed E-state index contributed by atoms with van der Waals surface area (Å²) in [5.41, 5.74) is 0. The van der Waals surface area contributed by atoms with Gasteiger partial charge in [0.25, 0.3) is 0 Å². The van der Waals surface area contributed by atoms with E-state index in [1.807, 2.05) is 13.8 Å². The van der Waals surface area contributed by atoms with Crippen molar-refractivity contribution in [2.24, 2.45) is 10.9 Å². The second-order valence-corrected chi connectivity index (χ2v) is 10.6. The quantitative estimate of drug-likeness (QED) is 0.213. The molecule has 0 saturated carbocycles. The van der Waals surface area contributed by atoms with Crippen molar-refractivity contribution in [3.8, 4) is 0 Å². The van der Waals surface area contributed by atoms with E-state index in [0.717, 1.165) is 22.8 Å². The van der Waals surface area contributed by atoms with E-state index in [0.29, 0.717) is 41.9 Å². The summed E-state index contributed by atoms with van der Waals surface area (Å²) >= 11 is 1.50. The minimum atomic E-state index is -3.47. The molecule has 0 aromatic carbocycles. The van der Waals surface area contributed by atoms with Crippen molar-refractivity contribution in [3.05, 3.63) is 15.8 Å². The fraction of sp³-hybridized carbons (Fsp3) is 0.722. The number of hydrogen-bond acceptors (Lipinski definition) is 5. The molecule has 10 heteroatoms. The minimum absolute atomic E-state index is 0. The van der Waals surface area contributed by atoms with Gasteiger partial charge >= 0.3 is 0 Å². The van der Waals surface area contributed by atoms with Crippen LogP contribution in [0.5, 0.6) is 0 Å². The van der Waals surface area contributed by atoms with Crippen molar-refractivity contribution in [3.63, 3.8) is 0 Å². The zero-order valence-corrected chi connectivity index (χ0v) is 21.5. The first-order chi connectivity index (χ1) is 12.6. The Morgan fingerprint density at radius 2 is 2.00 bits per heavy atom. The third kappa shape index (κ3) is 6.82. The topological polar surface area (TPSA) is 85.8 Å². The summed E-state index contributed by atoms with van der Waals surface area (Å²) in [7, 11) is -1.74. The van der Waals surface area contributed by atoms with Crippen LogP contribution in [0.25, 0.3) is 0 Å². The maximum Gasteiger partial charge on any atom is 0.241 e. The smallest absolute Gasteiger partial charge is 0.241 e. The molecule has 2 atom stereocenters. The van der Waals surface area contributed by atoms with Crippen molar-refractivity contribution in [2.45, 2.75) is 51.6 Å². The molecule has 1 aromatic heterocycles. The van der Waals surface area contributed by atoms with Gasteiger partial charge < -0.3 is 10.6 Å². The Hall–Kier alpha value is -0.430. The molecule has 1 fully saturated rings. The number of aryl methyl sites for hydroxylation is 2. The molecule has 1 saturated heterocycles. The largest absolute Gasteiger partial charge is 0.355 e. The van der Waals surface area contributed by atoms with E-state index in [-0.39, 0.29) is 24.0 Å². The van der Waals surface area contributed by atoms with Gasteiger partial charge in [-0.1, -0.05) is 6.92 Å². The van der Waals surface area contributed by atoms with Crippen LogP contribution in [0.3, 0.4) is 0 Å². The van der Waals surface area contributed by atoms with E-state index in [9.17, 15) is 8.42 Å². The Labute approximate surface area is 190 Å². The molecule has 1 aromatic rings. The van der Waals surface area contributed by atoms with Crippen molar-refractivity contribution >= 4 is 51.3 Å². The SMILES string of the molecule is CN=C(NCCNS(=O)(=O)c1cc(C)sc1C)NC1CN(C(C)C)CC1C.I. The highest BCUT2D eigenvalue weighted by Crippen LogP contribution is 2.24. The summed E-state index contributed by atoms with van der Waals surface area (Å²) in [5, 5.41) is 6.66. The Bertz CT molecular complexity index is 764. The molecule has 2 rings (SSSR count). The number of thiophene rings is 1. The second-order valence-electron chi connectivity index (χ2n) is 7.45. The van der Waals surface area contributed by atoms with E-state index in [4.69, 9.17) is 0 Å². The fourth-order valence-corrected chi connectivity index (χ4v) is 5.89. The Morgan fingerprint density at radius 3 is 2.50 bits per heavy atom. The van der Waals surface area contributed by atoms with Gasteiger partial charge in [-0.15, -0.1) is 35.3 Å². The maximum atomic E-state index is 12.4. The molecular weight excluding hydrogens is 509 g/mol. The van der Waals surface area contributed by atoms with Crippen LogP contribution in [0.4, 0.5) is 0 Å². The zero-order valence-electron chi connectivity index (χ0n) is 17.6. The Balaban J connectivity index is 0.00000392. The average Bonchev–Trinajstić information content (AvgIpc) is 3.13. The molecule has 0 aliphatic carbocycles. The summed E-state index contributed by atoms with van der Waals surface area (Å²) in [5.74, 6) is 1.24. The number of sulfonamides is 1. The van der Waals surface area contributed by atoms with Crippen LogP contribution >= 0.6 is 35.3 Å². The van der Waals surface area contributed by atoms with Gasteiger partial charge in [0.15, 0.2) is 5.96 Å². The van der Waals surface area contributed by atoms with E-state index in [1.165, 1.54) is 11.3 Å². The van der Waals surface area contributed by atoms with Crippen LogP contribution in [-0.4, -0.2) is 64.6 Å². The van der Waals surface area contributed by atoms with Gasteiger partial charge in [0, 0.05) is 55.1 Å². The molecule has 0 bridgehead atoms. The maximum absolute atomic E-state index is 12.4. The lowest BCUT2D eigenvalue weighted by atomic mass is 10.1. The lowest BCUT2D eigenvalue weighted by Crippen LogP contribution is -2.48. The lowest BCUT2D eigenvalue weighted by Gasteiger charge is -2.22. The highest BCUT2D eigenvalue weighted by molar-refractivity contribution is 14.0. The highest BCUT2D eigenvalue weighted by Gasteiger charge is 2.31. The highest BCUT2D eigenvalue weighted by atomic mass is 127. The number of rotatable bonds is 7. The summed E-state index contributed by atoms with van der Waals surface area (Å²) in [4.78, 5) is 8.91. The number of nitrogens with one attached hydrogen (secondary N) is 3. The second kappa shape index (κ2) is 11.1. The van der Waals surface area contributed by atoms with E-state index < -0.39 is 10.0 Å². The van der Waals surface area contributed by atoms with Crippen LogP contribution in [0.15, 0.2) is 16.0 Å². The normalized spacial score (nSPS) is 21.0. The molecule has 28 heavy (non-hydrogen) atoms. The number of nitrogens with zero attached hydrogens (tertiary/aromatic N) is 2. The van der Waals surface area contributed by atoms with Gasteiger partial charge in [0.05, 0.1) is 4.90 Å².